The van der Waals surface area contributed by atoms with Crippen LogP contribution in [0.1, 0.15) is 147 Å². The summed E-state index contributed by atoms with van der Waals surface area (Å²) < 4.78 is 0. The number of benzene rings is 5. The zero-order chi connectivity index (χ0) is 34.6. The molecule has 7 rings (SSSR count). The first-order valence-electron chi connectivity index (χ1n) is 18.5. The number of amides is 4. The smallest absolute Gasteiger partial charge is 0.261 e. The first kappa shape index (κ1) is 33.2. The second-order valence-electron chi connectivity index (χ2n) is 14.8. The first-order valence-corrected chi connectivity index (χ1v) is 18.5. The van der Waals surface area contributed by atoms with Gasteiger partial charge in [0.15, 0.2) is 0 Å². The van der Waals surface area contributed by atoms with E-state index >= 15 is 0 Å². The van der Waals surface area contributed by atoms with Crippen LogP contribution in [-0.2, 0) is 0 Å². The van der Waals surface area contributed by atoms with Gasteiger partial charge >= 0.3 is 0 Å². The van der Waals surface area contributed by atoms with Gasteiger partial charge in [-0.1, -0.05) is 103 Å². The minimum absolute atomic E-state index is 0.114. The fourth-order valence-corrected chi connectivity index (χ4v) is 8.66. The molecule has 0 fully saturated rings. The molecule has 6 nitrogen and oxygen atoms in total. The van der Waals surface area contributed by atoms with Gasteiger partial charge in [-0.05, 0) is 88.7 Å². The van der Waals surface area contributed by atoms with Crippen LogP contribution in [0.5, 0.6) is 0 Å². The van der Waals surface area contributed by atoms with Gasteiger partial charge in [0.25, 0.3) is 23.6 Å². The SMILES string of the molecule is CCCCCCC(CCCCCC)N1C(=O)c2ccc3c4ccc5c6c(ccc(c7ccc(c2c37)C1=O)c64)C(=O)N([C](C)CC(C)C)C5=O. The summed E-state index contributed by atoms with van der Waals surface area (Å²) in [5.41, 5.74) is 2.21. The minimum atomic E-state index is -0.286. The van der Waals surface area contributed by atoms with Crippen molar-refractivity contribution in [2.75, 3.05) is 0 Å². The predicted octanol–water partition coefficient (Wildman–Crippen LogP) is 10.8. The predicted molar refractivity (Wildman–Crippen MR) is 198 cm³/mol. The molecule has 0 aliphatic carbocycles. The maximum atomic E-state index is 14.4. The number of imide groups is 2. The van der Waals surface area contributed by atoms with E-state index in [9.17, 15) is 19.2 Å². The van der Waals surface area contributed by atoms with Crippen LogP contribution in [0.15, 0.2) is 48.5 Å². The van der Waals surface area contributed by atoms with Gasteiger partial charge in [-0.2, -0.15) is 0 Å². The standard InChI is InChI=1S/C43H47N2O4/c1-6-8-10-12-14-27(15-13-11-9-7-2)45-42(48)34-22-18-30-28-16-20-32-38-33(41(47)44(40(32)46)26(5)24-25(3)4)21-17-29(36(28)38)31-19-23-35(43(45)49)39(34)37(30)31/h16-23,25,27H,6-15,24H2,1-5H3. The number of carbonyl (C=O) groups is 4. The Balaban J connectivity index is 1.36. The van der Waals surface area contributed by atoms with Crippen LogP contribution in [0.25, 0.3) is 43.1 Å². The molecule has 0 spiro atoms. The van der Waals surface area contributed by atoms with Crippen molar-refractivity contribution in [3.8, 4) is 0 Å². The number of fused-ring (bicyclic) bond motifs is 2. The summed E-state index contributed by atoms with van der Waals surface area (Å²) in [4.78, 5) is 59.5. The van der Waals surface area contributed by atoms with E-state index < -0.39 is 0 Å². The van der Waals surface area contributed by atoms with Crippen molar-refractivity contribution < 1.29 is 19.2 Å². The number of hydrogen-bond donors (Lipinski definition) is 0. The molecule has 2 heterocycles. The minimum Gasteiger partial charge on any atom is -0.271 e. The molecule has 1 radical (unpaired) electrons. The Kier molecular flexibility index (Phi) is 8.93. The molecule has 0 atom stereocenters. The lowest BCUT2D eigenvalue weighted by Gasteiger charge is -2.35. The van der Waals surface area contributed by atoms with Crippen LogP contribution in [0.2, 0.25) is 0 Å². The molecule has 0 saturated heterocycles. The Labute approximate surface area is 289 Å². The lowest BCUT2D eigenvalue weighted by Crippen LogP contribution is -2.47. The zero-order valence-corrected chi connectivity index (χ0v) is 29.6. The highest BCUT2D eigenvalue weighted by Gasteiger charge is 2.40. The van der Waals surface area contributed by atoms with Gasteiger partial charge < -0.3 is 0 Å². The van der Waals surface area contributed by atoms with Gasteiger partial charge in [-0.15, -0.1) is 0 Å². The van der Waals surface area contributed by atoms with E-state index in [2.05, 4.69) is 27.7 Å². The van der Waals surface area contributed by atoms with Crippen LogP contribution in [-0.4, -0.2) is 39.5 Å². The van der Waals surface area contributed by atoms with Crippen LogP contribution in [0, 0.1) is 12.0 Å². The summed E-state index contributed by atoms with van der Waals surface area (Å²) in [6.45, 7) is 10.4. The molecule has 2 aliphatic rings. The van der Waals surface area contributed by atoms with Gasteiger partial charge in [-0.25, -0.2) is 0 Å². The molecule has 5 aromatic carbocycles. The van der Waals surface area contributed by atoms with Crippen molar-refractivity contribution in [3.05, 3.63) is 76.8 Å². The lowest BCUT2D eigenvalue weighted by atomic mass is 9.81. The van der Waals surface area contributed by atoms with Crippen LogP contribution < -0.4 is 0 Å². The average molecular weight is 656 g/mol. The van der Waals surface area contributed by atoms with Crippen molar-refractivity contribution in [1.82, 2.24) is 9.80 Å². The molecule has 253 valence electrons. The third kappa shape index (κ3) is 5.30. The van der Waals surface area contributed by atoms with E-state index in [4.69, 9.17) is 0 Å². The van der Waals surface area contributed by atoms with E-state index in [0.717, 1.165) is 103 Å². The quantitative estimate of drug-likeness (QED) is 0.0516. The maximum Gasteiger partial charge on any atom is 0.261 e. The summed E-state index contributed by atoms with van der Waals surface area (Å²) in [5.74, 6) is -0.657. The van der Waals surface area contributed by atoms with Crippen molar-refractivity contribution in [3.63, 3.8) is 0 Å². The van der Waals surface area contributed by atoms with Crippen LogP contribution >= 0.6 is 0 Å². The highest BCUT2D eigenvalue weighted by Crippen LogP contribution is 2.47. The van der Waals surface area contributed by atoms with Crippen molar-refractivity contribution in [1.29, 1.82) is 0 Å². The Hall–Kier alpha value is -4.32. The molecule has 4 amide bonds. The molecule has 0 N–H and O–H groups in total. The van der Waals surface area contributed by atoms with E-state index in [1.165, 1.54) is 4.90 Å². The summed E-state index contributed by atoms with van der Waals surface area (Å²) in [5, 5.41) is 6.83. The van der Waals surface area contributed by atoms with Crippen molar-refractivity contribution in [2.24, 2.45) is 5.92 Å². The number of carbonyl (C=O) groups excluding carboxylic acids is 4. The largest absolute Gasteiger partial charge is 0.271 e. The molecule has 0 aromatic heterocycles. The van der Waals surface area contributed by atoms with Gasteiger partial charge in [0.05, 0.1) is 6.04 Å². The number of rotatable bonds is 14. The molecule has 2 aliphatic heterocycles. The Morgan fingerprint density at radius 1 is 0.531 bits per heavy atom. The molecule has 5 aromatic rings. The highest BCUT2D eigenvalue weighted by atomic mass is 16.2. The van der Waals surface area contributed by atoms with Gasteiger partial charge in [0, 0.05) is 39.1 Å². The number of hydrogen-bond acceptors (Lipinski definition) is 4. The summed E-state index contributed by atoms with van der Waals surface area (Å²) in [7, 11) is 0. The summed E-state index contributed by atoms with van der Waals surface area (Å²) in [6.07, 6.45) is 11.2. The van der Waals surface area contributed by atoms with E-state index in [-0.39, 0.29) is 29.7 Å². The second kappa shape index (κ2) is 13.2. The van der Waals surface area contributed by atoms with Crippen LogP contribution in [0.3, 0.4) is 0 Å². The topological polar surface area (TPSA) is 74.8 Å². The van der Waals surface area contributed by atoms with Gasteiger partial charge in [-0.3, -0.25) is 29.0 Å². The highest BCUT2D eigenvalue weighted by molar-refractivity contribution is 6.41. The van der Waals surface area contributed by atoms with Gasteiger partial charge in [0.2, 0.25) is 0 Å². The Bertz CT molecular complexity index is 2000. The van der Waals surface area contributed by atoms with E-state index in [0.29, 0.717) is 45.4 Å². The second-order valence-corrected chi connectivity index (χ2v) is 14.8. The Morgan fingerprint density at radius 2 is 0.918 bits per heavy atom. The van der Waals surface area contributed by atoms with E-state index in [1.54, 1.807) is 4.90 Å². The molecular formula is C43H47N2O4. The maximum absolute atomic E-state index is 14.4. The van der Waals surface area contributed by atoms with Crippen molar-refractivity contribution >= 4 is 66.7 Å². The van der Waals surface area contributed by atoms with Gasteiger partial charge in [0.1, 0.15) is 0 Å². The molecule has 0 unspecified atom stereocenters. The first-order chi connectivity index (χ1) is 23.7. The third-order valence-corrected chi connectivity index (χ3v) is 10.9. The average Bonchev–Trinajstić information content (AvgIpc) is 3.08. The third-order valence-electron chi connectivity index (χ3n) is 10.9. The molecule has 6 heteroatoms. The van der Waals surface area contributed by atoms with Crippen LogP contribution in [0.4, 0.5) is 0 Å². The normalized spacial score (nSPS) is 14.9. The summed E-state index contributed by atoms with van der Waals surface area (Å²) in [6, 6.07) is 16.1. The molecule has 49 heavy (non-hydrogen) atoms. The zero-order valence-electron chi connectivity index (χ0n) is 29.6. The molecular weight excluding hydrogens is 608 g/mol. The molecule has 0 saturated carbocycles. The Morgan fingerprint density at radius 3 is 1.29 bits per heavy atom. The molecule has 0 bridgehead atoms. The lowest BCUT2D eigenvalue weighted by molar-refractivity contribution is 0.0514. The number of nitrogens with zero attached hydrogens (tertiary/aromatic N) is 2. The fourth-order valence-electron chi connectivity index (χ4n) is 8.66. The van der Waals surface area contributed by atoms with E-state index in [1.807, 2.05) is 55.5 Å². The monoisotopic (exact) mass is 655 g/mol. The summed E-state index contributed by atoms with van der Waals surface area (Å²) >= 11 is 0. The fraction of sp³-hybridized carbons (Fsp3) is 0.419. The van der Waals surface area contributed by atoms with Crippen molar-refractivity contribution in [2.45, 2.75) is 111 Å². The number of unbranched alkanes of at least 4 members (excludes halogenated alkanes) is 6.